The summed E-state index contributed by atoms with van der Waals surface area (Å²) in [5.74, 6) is 0.0997. The first kappa shape index (κ1) is 9.06. The third-order valence-electron chi connectivity index (χ3n) is 1.53. The van der Waals surface area contributed by atoms with E-state index in [0.717, 1.165) is 0 Å². The molecule has 0 bridgehead atoms. The summed E-state index contributed by atoms with van der Waals surface area (Å²) in [5.41, 5.74) is 0. The summed E-state index contributed by atoms with van der Waals surface area (Å²) in [6.07, 6.45) is 0.434. The molecule has 5 nitrogen and oxygen atoms in total. The molecule has 2 N–H and O–H groups in total. The van der Waals surface area contributed by atoms with E-state index in [1.54, 1.807) is 0 Å². The lowest BCUT2D eigenvalue weighted by atomic mass is 10.3. The Bertz CT molecular complexity index is 261. The highest BCUT2D eigenvalue weighted by molar-refractivity contribution is 7.91. The van der Waals surface area contributed by atoms with Crippen LogP contribution in [0.25, 0.3) is 0 Å². The van der Waals surface area contributed by atoms with Gasteiger partial charge < -0.3 is 0 Å². The Kier molecular flexibility index (Phi) is 2.59. The Morgan fingerprint density at radius 2 is 2.18 bits per heavy atom. The number of nitrogens with one attached hydrogen (secondary N) is 1. The molecule has 1 rings (SSSR count). The van der Waals surface area contributed by atoms with E-state index in [0.29, 0.717) is 6.42 Å². The Morgan fingerprint density at radius 1 is 1.55 bits per heavy atom. The highest BCUT2D eigenvalue weighted by atomic mass is 32.2. The summed E-state index contributed by atoms with van der Waals surface area (Å²) in [7, 11) is -5.36. The third-order valence-corrected chi connectivity index (χ3v) is 3.88. The van der Waals surface area contributed by atoms with Crippen molar-refractivity contribution in [3.8, 4) is 0 Å². The summed E-state index contributed by atoms with van der Waals surface area (Å²) in [6.45, 7) is 0. The van der Waals surface area contributed by atoms with Crippen LogP contribution in [0.15, 0.2) is 0 Å². The van der Waals surface area contributed by atoms with Crippen molar-refractivity contribution < 1.29 is 17.9 Å². The number of hydrogen-bond donors (Lipinski definition) is 2. The summed E-state index contributed by atoms with van der Waals surface area (Å²) in [5, 5.41) is 2.28. The number of hydrogen-bond acceptors (Lipinski definition) is 3. The van der Waals surface area contributed by atoms with Gasteiger partial charge in [0.25, 0.3) is 0 Å². The Hall–Kier alpha value is -0.0300. The van der Waals surface area contributed by atoms with E-state index >= 15 is 0 Å². The van der Waals surface area contributed by atoms with Crippen molar-refractivity contribution in [3.63, 3.8) is 0 Å². The first-order valence-electron chi connectivity index (χ1n) is 3.12. The lowest BCUT2D eigenvalue weighted by Crippen LogP contribution is -2.23. The molecule has 1 aliphatic rings. The van der Waals surface area contributed by atoms with Crippen LogP contribution in [0.3, 0.4) is 0 Å². The zero-order chi connectivity index (χ0) is 8.48. The van der Waals surface area contributed by atoms with E-state index in [-0.39, 0.29) is 17.5 Å². The molecular weight excluding hydrogens is 189 g/mol. The molecule has 0 radical (unpaired) electrons. The third kappa shape index (κ3) is 2.83. The Morgan fingerprint density at radius 3 is 2.55 bits per heavy atom. The van der Waals surface area contributed by atoms with Crippen LogP contribution in [-0.4, -0.2) is 30.9 Å². The second-order valence-corrected chi connectivity index (χ2v) is 5.53. The van der Waals surface area contributed by atoms with Gasteiger partial charge in [-0.3, -0.25) is 0 Å². The van der Waals surface area contributed by atoms with Crippen molar-refractivity contribution in [2.24, 2.45) is 0 Å². The van der Waals surface area contributed by atoms with Crippen molar-refractivity contribution in [2.75, 3.05) is 11.5 Å². The lowest BCUT2D eigenvalue weighted by Gasteiger charge is -1.95. The van der Waals surface area contributed by atoms with Crippen molar-refractivity contribution in [3.05, 3.63) is 0 Å². The maximum absolute atomic E-state index is 10.8. The van der Waals surface area contributed by atoms with Crippen LogP contribution < -0.4 is 5.09 Å². The second-order valence-electron chi connectivity index (χ2n) is 2.50. The lowest BCUT2D eigenvalue weighted by molar-refractivity contribution is 0.478. The molecular formula is C4H9NO4PS+. The molecule has 1 fully saturated rings. The fraction of sp³-hybridized carbons (Fsp3) is 1.00. The maximum Gasteiger partial charge on any atom is 0.610 e. The smallest absolute Gasteiger partial charge is 0.229 e. The van der Waals surface area contributed by atoms with Crippen molar-refractivity contribution in [2.45, 2.75) is 12.5 Å². The van der Waals surface area contributed by atoms with Crippen LogP contribution >= 0.6 is 8.18 Å². The number of rotatable bonds is 2. The molecule has 11 heavy (non-hydrogen) atoms. The SMILES string of the molecule is O=[P+](O)NC1CCS(=O)(=O)C1. The van der Waals surface area contributed by atoms with Crippen LogP contribution in [0.5, 0.6) is 0 Å². The molecule has 64 valence electrons. The van der Waals surface area contributed by atoms with Crippen molar-refractivity contribution in [1.82, 2.24) is 5.09 Å². The molecule has 0 aromatic carbocycles. The van der Waals surface area contributed by atoms with Gasteiger partial charge >= 0.3 is 8.18 Å². The van der Waals surface area contributed by atoms with E-state index in [9.17, 15) is 13.0 Å². The Balaban J connectivity index is 2.49. The quantitative estimate of drug-likeness (QED) is 0.579. The van der Waals surface area contributed by atoms with Gasteiger partial charge in [-0.15, -0.1) is 4.89 Å². The van der Waals surface area contributed by atoms with Gasteiger partial charge in [0.15, 0.2) is 9.84 Å². The molecule has 2 unspecified atom stereocenters. The van der Waals surface area contributed by atoms with E-state index in [1.807, 2.05) is 0 Å². The minimum atomic E-state index is -2.94. The fourth-order valence-corrected chi connectivity index (χ4v) is 3.38. The Labute approximate surface area is 65.6 Å². The van der Waals surface area contributed by atoms with Gasteiger partial charge in [-0.05, 0) is 11.0 Å². The van der Waals surface area contributed by atoms with Gasteiger partial charge in [0.2, 0.25) is 0 Å². The van der Waals surface area contributed by atoms with Gasteiger partial charge in [0.05, 0.1) is 17.5 Å². The first-order chi connectivity index (χ1) is 4.99. The van der Waals surface area contributed by atoms with E-state index in [4.69, 9.17) is 4.89 Å². The molecule has 0 aliphatic carbocycles. The molecule has 1 saturated heterocycles. The second kappa shape index (κ2) is 3.15. The largest absolute Gasteiger partial charge is 0.610 e. The van der Waals surface area contributed by atoms with Gasteiger partial charge in [0.1, 0.15) is 0 Å². The van der Waals surface area contributed by atoms with Gasteiger partial charge in [-0.1, -0.05) is 5.09 Å². The molecule has 1 heterocycles. The summed E-state index contributed by atoms with van der Waals surface area (Å²) in [6, 6.07) is -0.339. The zero-order valence-electron chi connectivity index (χ0n) is 5.73. The minimum absolute atomic E-state index is 0.0192. The summed E-state index contributed by atoms with van der Waals surface area (Å²) >= 11 is 0. The first-order valence-corrected chi connectivity index (χ1v) is 6.16. The average Bonchev–Trinajstić information content (AvgIpc) is 2.08. The predicted molar refractivity (Wildman–Crippen MR) is 40.0 cm³/mol. The molecule has 0 saturated carbocycles. The molecule has 0 aromatic rings. The van der Waals surface area contributed by atoms with Gasteiger partial charge in [-0.25, -0.2) is 8.42 Å². The maximum atomic E-state index is 10.8. The highest BCUT2D eigenvalue weighted by Crippen LogP contribution is 2.17. The molecule has 7 heteroatoms. The van der Waals surface area contributed by atoms with Crippen molar-refractivity contribution in [1.29, 1.82) is 0 Å². The van der Waals surface area contributed by atoms with Gasteiger partial charge in [0, 0.05) is 0 Å². The average molecular weight is 198 g/mol. The predicted octanol–water partition coefficient (Wildman–Crippen LogP) is -0.587. The van der Waals surface area contributed by atoms with E-state index < -0.39 is 18.0 Å². The van der Waals surface area contributed by atoms with Gasteiger partial charge in [-0.2, -0.15) is 0 Å². The normalized spacial score (nSPS) is 30.3. The van der Waals surface area contributed by atoms with Crippen LogP contribution in [0, 0.1) is 0 Å². The van der Waals surface area contributed by atoms with E-state index in [2.05, 4.69) is 5.09 Å². The molecule has 0 amide bonds. The minimum Gasteiger partial charge on any atom is -0.229 e. The van der Waals surface area contributed by atoms with Crippen LogP contribution in [0.4, 0.5) is 0 Å². The van der Waals surface area contributed by atoms with E-state index in [1.165, 1.54) is 0 Å². The topological polar surface area (TPSA) is 83.5 Å². The van der Waals surface area contributed by atoms with Crippen LogP contribution in [0.2, 0.25) is 0 Å². The zero-order valence-corrected chi connectivity index (χ0v) is 7.44. The molecule has 0 aromatic heterocycles. The molecule has 0 spiro atoms. The summed E-state index contributed by atoms with van der Waals surface area (Å²) < 4.78 is 31.8. The van der Waals surface area contributed by atoms with Crippen molar-refractivity contribution >= 4 is 18.0 Å². The summed E-state index contributed by atoms with van der Waals surface area (Å²) in [4.78, 5) is 8.39. The monoisotopic (exact) mass is 198 g/mol. The molecule has 2 atom stereocenters. The van der Waals surface area contributed by atoms with Crippen LogP contribution in [-0.2, 0) is 14.4 Å². The standard InChI is InChI=1S/C4H8NO4PS/c6-10(7)5-4-1-2-11(8,9)3-4/h4H,1-3H2,(H-,5,6,7)/p+1. The highest BCUT2D eigenvalue weighted by Gasteiger charge is 2.32. The molecule has 1 aliphatic heterocycles. The number of sulfone groups is 1. The fourth-order valence-electron chi connectivity index (χ4n) is 1.05. The van der Waals surface area contributed by atoms with Crippen LogP contribution in [0.1, 0.15) is 6.42 Å².